The number of amides is 1. The highest BCUT2D eigenvalue weighted by atomic mass is 32.2. The second-order valence-corrected chi connectivity index (χ2v) is 7.30. The minimum Gasteiger partial charge on any atom is -0.487 e. The monoisotopic (exact) mass is 351 g/mol. The smallest absolute Gasteiger partial charge is 0.263 e. The predicted molar refractivity (Wildman–Crippen MR) is 86.6 cm³/mol. The molecule has 0 saturated heterocycles. The van der Waals surface area contributed by atoms with E-state index in [1.165, 1.54) is 30.0 Å². The molecule has 3 rings (SSSR count). The molecule has 1 amide bonds. The number of rotatable bonds is 3. The van der Waals surface area contributed by atoms with Crippen LogP contribution in [0.4, 0.5) is 11.5 Å². The fourth-order valence-corrected chi connectivity index (χ4v) is 3.50. The van der Waals surface area contributed by atoms with Crippen LogP contribution in [-0.2, 0) is 14.8 Å². The van der Waals surface area contributed by atoms with E-state index in [1.54, 1.807) is 13.0 Å². The summed E-state index contributed by atoms with van der Waals surface area (Å²) in [4.78, 5) is 13.4. The lowest BCUT2D eigenvalue weighted by Crippen LogP contribution is -2.41. The summed E-state index contributed by atoms with van der Waals surface area (Å²) in [7, 11) is -3.86. The number of nitrogens with one attached hydrogen (secondary N) is 1. The first-order valence-electron chi connectivity index (χ1n) is 7.31. The molecular formula is C15H17N3O5S. The third kappa shape index (κ3) is 3.07. The van der Waals surface area contributed by atoms with Crippen molar-refractivity contribution in [3.63, 3.8) is 0 Å². The van der Waals surface area contributed by atoms with Gasteiger partial charge in [0, 0.05) is 13.0 Å². The van der Waals surface area contributed by atoms with Gasteiger partial charge >= 0.3 is 0 Å². The molecule has 128 valence electrons. The van der Waals surface area contributed by atoms with Crippen LogP contribution < -0.4 is 14.4 Å². The largest absolute Gasteiger partial charge is 0.487 e. The molecule has 1 aromatic carbocycles. The first kappa shape index (κ1) is 16.3. The number of carbonyl (C=O) groups is 1. The van der Waals surface area contributed by atoms with Crippen molar-refractivity contribution in [3.05, 3.63) is 30.0 Å². The van der Waals surface area contributed by atoms with E-state index < -0.39 is 10.0 Å². The van der Waals surface area contributed by atoms with Gasteiger partial charge in [-0.05, 0) is 32.0 Å². The Labute approximate surface area is 139 Å². The Morgan fingerprint density at radius 3 is 2.75 bits per heavy atom. The average molecular weight is 351 g/mol. The van der Waals surface area contributed by atoms with Crippen LogP contribution in [0.1, 0.15) is 19.6 Å². The van der Waals surface area contributed by atoms with E-state index >= 15 is 0 Å². The Morgan fingerprint density at radius 2 is 2.12 bits per heavy atom. The van der Waals surface area contributed by atoms with Gasteiger partial charge in [0.15, 0.2) is 5.82 Å². The van der Waals surface area contributed by atoms with E-state index in [4.69, 9.17) is 9.26 Å². The average Bonchev–Trinajstić information content (AvgIpc) is 2.90. The highest BCUT2D eigenvalue weighted by molar-refractivity contribution is 7.92. The number of benzene rings is 1. The summed E-state index contributed by atoms with van der Waals surface area (Å²) in [5.41, 5.74) is 0.430. The van der Waals surface area contributed by atoms with Crippen LogP contribution in [-0.4, -0.2) is 32.1 Å². The van der Waals surface area contributed by atoms with Crippen LogP contribution in [0, 0.1) is 6.92 Å². The number of hydrogen-bond donors (Lipinski definition) is 1. The van der Waals surface area contributed by atoms with Gasteiger partial charge in [0.05, 0.1) is 17.1 Å². The third-order valence-corrected chi connectivity index (χ3v) is 4.90. The highest BCUT2D eigenvalue weighted by Crippen LogP contribution is 2.35. The van der Waals surface area contributed by atoms with Crippen molar-refractivity contribution in [2.45, 2.75) is 31.8 Å². The predicted octanol–water partition coefficient (Wildman–Crippen LogP) is 1.92. The Bertz CT molecular complexity index is 890. The molecule has 0 bridgehead atoms. The molecule has 1 aliphatic heterocycles. The zero-order valence-corrected chi connectivity index (χ0v) is 14.3. The quantitative estimate of drug-likeness (QED) is 0.906. The lowest BCUT2D eigenvalue weighted by molar-refractivity contribution is -0.117. The molecule has 1 N–H and O–H groups in total. The molecule has 1 aromatic heterocycles. The Kier molecular flexibility index (Phi) is 3.96. The van der Waals surface area contributed by atoms with E-state index in [9.17, 15) is 13.2 Å². The Balaban J connectivity index is 1.98. The van der Waals surface area contributed by atoms with Crippen molar-refractivity contribution < 1.29 is 22.5 Å². The lowest BCUT2D eigenvalue weighted by Gasteiger charge is -2.33. The van der Waals surface area contributed by atoms with Gasteiger partial charge in [-0.15, -0.1) is 0 Å². The number of anilines is 2. The van der Waals surface area contributed by atoms with Crippen LogP contribution in [0.5, 0.6) is 5.75 Å². The molecule has 0 spiro atoms. The number of aromatic nitrogens is 1. The second-order valence-electron chi connectivity index (χ2n) is 5.62. The third-order valence-electron chi connectivity index (χ3n) is 3.55. The van der Waals surface area contributed by atoms with Crippen LogP contribution in [0.3, 0.4) is 0 Å². The summed E-state index contributed by atoms with van der Waals surface area (Å²) in [6.07, 6.45) is -0.167. The van der Waals surface area contributed by atoms with Crippen molar-refractivity contribution in [1.82, 2.24) is 5.16 Å². The zero-order valence-electron chi connectivity index (χ0n) is 13.4. The van der Waals surface area contributed by atoms with Crippen molar-refractivity contribution in [2.24, 2.45) is 0 Å². The van der Waals surface area contributed by atoms with Gasteiger partial charge in [-0.2, -0.15) is 0 Å². The van der Waals surface area contributed by atoms with Crippen molar-refractivity contribution in [2.75, 3.05) is 16.2 Å². The maximum absolute atomic E-state index is 12.5. The van der Waals surface area contributed by atoms with Crippen molar-refractivity contribution >= 4 is 27.4 Å². The van der Waals surface area contributed by atoms with E-state index in [-0.39, 0.29) is 22.7 Å². The fourth-order valence-electron chi connectivity index (χ4n) is 2.49. The van der Waals surface area contributed by atoms with Crippen LogP contribution in [0.2, 0.25) is 0 Å². The maximum atomic E-state index is 12.5. The SMILES string of the molecule is CC(=O)N1CC(C)Oc2ccc(S(=O)(=O)Nc3cc(C)on3)cc21. The van der Waals surface area contributed by atoms with Crippen LogP contribution in [0.25, 0.3) is 0 Å². The number of hydrogen-bond acceptors (Lipinski definition) is 6. The molecule has 1 aliphatic rings. The molecule has 0 radical (unpaired) electrons. The number of carbonyl (C=O) groups excluding carboxylic acids is 1. The molecule has 2 heterocycles. The molecule has 1 atom stereocenters. The number of ether oxygens (including phenoxy) is 1. The minimum atomic E-state index is -3.86. The van der Waals surface area contributed by atoms with E-state index in [0.29, 0.717) is 23.7 Å². The number of nitrogens with zero attached hydrogens (tertiary/aromatic N) is 2. The van der Waals surface area contributed by atoms with Gasteiger partial charge in [-0.25, -0.2) is 8.42 Å². The standard InChI is InChI=1S/C15H17N3O5S/c1-9-6-15(16-23-9)17-24(20,21)12-4-5-14-13(7-12)18(11(3)19)8-10(2)22-14/h4-7,10H,8H2,1-3H3,(H,16,17). The lowest BCUT2D eigenvalue weighted by atomic mass is 10.2. The molecule has 2 aromatic rings. The molecule has 0 fully saturated rings. The molecule has 0 aliphatic carbocycles. The Hall–Kier alpha value is -2.55. The van der Waals surface area contributed by atoms with Crippen LogP contribution >= 0.6 is 0 Å². The first-order chi connectivity index (χ1) is 11.3. The van der Waals surface area contributed by atoms with Gasteiger partial charge in [0.1, 0.15) is 17.6 Å². The van der Waals surface area contributed by atoms with Crippen molar-refractivity contribution in [3.8, 4) is 5.75 Å². The van der Waals surface area contributed by atoms with Gasteiger partial charge in [-0.1, -0.05) is 5.16 Å². The first-order valence-corrected chi connectivity index (χ1v) is 8.79. The molecule has 9 heteroatoms. The van der Waals surface area contributed by atoms with Gasteiger partial charge in [-0.3, -0.25) is 9.52 Å². The number of sulfonamides is 1. The summed E-state index contributed by atoms with van der Waals surface area (Å²) in [6.45, 7) is 5.30. The van der Waals surface area contributed by atoms with Crippen LogP contribution in [0.15, 0.2) is 33.7 Å². The summed E-state index contributed by atoms with van der Waals surface area (Å²) >= 11 is 0. The second kappa shape index (κ2) is 5.82. The van der Waals surface area contributed by atoms with E-state index in [1.807, 2.05) is 6.92 Å². The molecule has 24 heavy (non-hydrogen) atoms. The Morgan fingerprint density at radius 1 is 1.38 bits per heavy atom. The molecule has 1 unspecified atom stereocenters. The molecular weight excluding hydrogens is 334 g/mol. The fraction of sp³-hybridized carbons (Fsp3) is 0.333. The molecule has 8 nitrogen and oxygen atoms in total. The maximum Gasteiger partial charge on any atom is 0.263 e. The summed E-state index contributed by atoms with van der Waals surface area (Å²) in [5, 5.41) is 3.61. The molecule has 0 saturated carbocycles. The zero-order chi connectivity index (χ0) is 17.5. The number of fused-ring (bicyclic) bond motifs is 1. The summed E-state index contributed by atoms with van der Waals surface area (Å²) in [6, 6.07) is 5.86. The van der Waals surface area contributed by atoms with Gasteiger partial charge in [0.25, 0.3) is 10.0 Å². The van der Waals surface area contributed by atoms with E-state index in [2.05, 4.69) is 9.88 Å². The topological polar surface area (TPSA) is 102 Å². The highest BCUT2D eigenvalue weighted by Gasteiger charge is 2.28. The van der Waals surface area contributed by atoms with Crippen molar-refractivity contribution in [1.29, 1.82) is 0 Å². The van der Waals surface area contributed by atoms with E-state index in [0.717, 1.165) is 0 Å². The van der Waals surface area contributed by atoms with Gasteiger partial charge < -0.3 is 14.2 Å². The minimum absolute atomic E-state index is 0.00584. The van der Waals surface area contributed by atoms with Gasteiger partial charge in [0.2, 0.25) is 5.91 Å². The summed E-state index contributed by atoms with van der Waals surface area (Å²) < 4.78 is 37.9. The summed E-state index contributed by atoms with van der Waals surface area (Å²) in [5.74, 6) is 0.878. The normalized spacial score (nSPS) is 17.1. The number of aryl methyl sites for hydroxylation is 1.